The fourth-order valence-corrected chi connectivity index (χ4v) is 5.09. The Hall–Kier alpha value is -3.29. The molecule has 0 radical (unpaired) electrons. The molecule has 0 bridgehead atoms. The third kappa shape index (κ3) is 6.06. The van der Waals surface area contributed by atoms with E-state index in [-0.39, 0.29) is 24.2 Å². The first-order valence-corrected chi connectivity index (χ1v) is 12.8. The fraction of sp³-hybridized carbons (Fsp3) is 0.536. The number of carbonyl (C=O) groups excluding carboxylic acids is 1. The first-order chi connectivity index (χ1) is 19.2. The van der Waals surface area contributed by atoms with Gasteiger partial charge < -0.3 is 53.6 Å². The minimum atomic E-state index is -1.57. The second-order valence-electron chi connectivity index (χ2n) is 9.74. The first-order valence-electron chi connectivity index (χ1n) is 12.8. The van der Waals surface area contributed by atoms with E-state index in [9.17, 15) is 25.2 Å². The van der Waals surface area contributed by atoms with E-state index in [2.05, 4.69) is 0 Å². The number of esters is 1. The average molecular weight is 565 g/mol. The van der Waals surface area contributed by atoms with Crippen LogP contribution in [0.3, 0.4) is 0 Å². The predicted octanol–water partition coefficient (Wildman–Crippen LogP) is 0.474. The molecule has 2 fully saturated rings. The first kappa shape index (κ1) is 29.7. The summed E-state index contributed by atoms with van der Waals surface area (Å²) in [5, 5.41) is 39.8. The number of rotatable bonds is 11. The standard InChI is InChI=1S/C28H36O12/c1-34-19-9-14(5-6-18(19)39-28-25(32)24(31)23(30)22(12-29)40-28)8-17-16(13-38-27(17)33)7-15-10-20(35-2)26(37-4)21(11-15)36-3/h5-6,9-11,16-17,22-25,28-32H,7-8,12-13H2,1-4H3. The van der Waals surface area contributed by atoms with Gasteiger partial charge in [-0.3, -0.25) is 4.79 Å². The summed E-state index contributed by atoms with van der Waals surface area (Å²) < 4.78 is 38.4. The van der Waals surface area contributed by atoms with E-state index < -0.39 is 43.2 Å². The summed E-state index contributed by atoms with van der Waals surface area (Å²) in [5.74, 6) is 1.24. The molecule has 40 heavy (non-hydrogen) atoms. The lowest BCUT2D eigenvalue weighted by molar-refractivity contribution is -0.277. The van der Waals surface area contributed by atoms with E-state index >= 15 is 0 Å². The highest BCUT2D eigenvalue weighted by atomic mass is 16.7. The van der Waals surface area contributed by atoms with Crippen molar-refractivity contribution in [1.29, 1.82) is 0 Å². The van der Waals surface area contributed by atoms with Crippen LogP contribution in [0.25, 0.3) is 0 Å². The molecule has 0 aromatic heterocycles. The summed E-state index contributed by atoms with van der Waals surface area (Å²) in [4.78, 5) is 12.7. The van der Waals surface area contributed by atoms with Gasteiger partial charge in [-0.2, -0.15) is 0 Å². The highest BCUT2D eigenvalue weighted by Crippen LogP contribution is 2.40. The van der Waals surface area contributed by atoms with Gasteiger partial charge in [0.05, 0.1) is 47.6 Å². The number of hydrogen-bond donors (Lipinski definition) is 4. The van der Waals surface area contributed by atoms with Gasteiger partial charge in [0.15, 0.2) is 23.0 Å². The number of aliphatic hydroxyl groups is 4. The molecule has 12 heteroatoms. The highest BCUT2D eigenvalue weighted by Gasteiger charge is 2.45. The number of benzene rings is 2. The fourth-order valence-electron chi connectivity index (χ4n) is 5.09. The lowest BCUT2D eigenvalue weighted by Crippen LogP contribution is -2.60. The molecule has 2 aliphatic heterocycles. The van der Waals surface area contributed by atoms with E-state index in [1.54, 1.807) is 32.4 Å². The van der Waals surface area contributed by atoms with Crippen molar-refractivity contribution in [3.8, 4) is 28.7 Å². The molecule has 7 unspecified atom stereocenters. The molecule has 2 saturated heterocycles. The van der Waals surface area contributed by atoms with Gasteiger partial charge in [-0.05, 0) is 48.2 Å². The zero-order valence-electron chi connectivity index (χ0n) is 22.8. The molecule has 7 atom stereocenters. The number of hydrogen-bond acceptors (Lipinski definition) is 12. The average Bonchev–Trinajstić information content (AvgIpc) is 3.31. The predicted molar refractivity (Wildman–Crippen MR) is 139 cm³/mol. The summed E-state index contributed by atoms with van der Waals surface area (Å²) in [6.45, 7) is -0.300. The smallest absolute Gasteiger partial charge is 0.309 e. The molecule has 220 valence electrons. The molecule has 4 rings (SSSR count). The topological polar surface area (TPSA) is 163 Å². The third-order valence-corrected chi connectivity index (χ3v) is 7.31. The second kappa shape index (κ2) is 12.9. The van der Waals surface area contributed by atoms with Gasteiger partial charge in [0.1, 0.15) is 24.4 Å². The van der Waals surface area contributed by atoms with E-state index in [1.807, 2.05) is 12.1 Å². The van der Waals surface area contributed by atoms with Crippen LogP contribution in [0.5, 0.6) is 28.7 Å². The van der Waals surface area contributed by atoms with Crippen molar-refractivity contribution in [3.05, 3.63) is 41.5 Å². The second-order valence-corrected chi connectivity index (χ2v) is 9.74. The Morgan fingerprint density at radius 3 is 2.05 bits per heavy atom. The van der Waals surface area contributed by atoms with Crippen molar-refractivity contribution in [2.45, 2.75) is 43.5 Å². The zero-order valence-corrected chi connectivity index (χ0v) is 22.8. The van der Waals surface area contributed by atoms with Crippen molar-refractivity contribution >= 4 is 5.97 Å². The van der Waals surface area contributed by atoms with Crippen LogP contribution in [0.4, 0.5) is 0 Å². The summed E-state index contributed by atoms with van der Waals surface area (Å²) in [6, 6.07) is 8.78. The lowest BCUT2D eigenvalue weighted by atomic mass is 9.85. The number of methoxy groups -OCH3 is 4. The molecule has 0 saturated carbocycles. The van der Waals surface area contributed by atoms with Crippen LogP contribution in [-0.4, -0.2) is 98.8 Å². The van der Waals surface area contributed by atoms with Crippen LogP contribution < -0.4 is 23.7 Å². The summed E-state index contributed by atoms with van der Waals surface area (Å²) >= 11 is 0. The summed E-state index contributed by atoms with van der Waals surface area (Å²) in [7, 11) is 6.07. The quantitative estimate of drug-likeness (QED) is 0.280. The van der Waals surface area contributed by atoms with Gasteiger partial charge in [0.2, 0.25) is 12.0 Å². The molecular formula is C28H36O12. The lowest BCUT2D eigenvalue weighted by Gasteiger charge is -2.39. The molecule has 2 aromatic carbocycles. The van der Waals surface area contributed by atoms with Crippen LogP contribution in [0, 0.1) is 11.8 Å². The molecule has 0 spiro atoms. The number of aliphatic hydroxyl groups excluding tert-OH is 4. The molecule has 0 aliphatic carbocycles. The normalized spacial score (nSPS) is 28.1. The molecule has 12 nitrogen and oxygen atoms in total. The SMILES string of the molecule is COc1cc(CC2C(=O)OCC2Cc2cc(OC)c(OC)c(OC)c2)ccc1OC1OC(CO)C(O)C(O)C1O. The monoisotopic (exact) mass is 564 g/mol. The highest BCUT2D eigenvalue weighted by molar-refractivity contribution is 5.75. The van der Waals surface area contributed by atoms with E-state index in [0.29, 0.717) is 35.8 Å². The maximum Gasteiger partial charge on any atom is 0.309 e. The van der Waals surface area contributed by atoms with Crippen molar-refractivity contribution in [2.75, 3.05) is 41.7 Å². The van der Waals surface area contributed by atoms with Crippen molar-refractivity contribution < 1.29 is 58.4 Å². The minimum absolute atomic E-state index is 0.105. The van der Waals surface area contributed by atoms with Gasteiger partial charge >= 0.3 is 5.97 Å². The van der Waals surface area contributed by atoms with E-state index in [1.165, 1.54) is 14.2 Å². The Morgan fingerprint density at radius 2 is 1.45 bits per heavy atom. The number of carbonyl (C=O) groups is 1. The maximum absolute atomic E-state index is 12.7. The summed E-state index contributed by atoms with van der Waals surface area (Å²) in [6.07, 6.45) is -6.17. The molecule has 2 heterocycles. The molecule has 2 aliphatic rings. The summed E-state index contributed by atoms with van der Waals surface area (Å²) in [5.41, 5.74) is 1.69. The molecule has 4 N–H and O–H groups in total. The van der Waals surface area contributed by atoms with Crippen LogP contribution in [0.15, 0.2) is 30.3 Å². The Kier molecular flexibility index (Phi) is 9.59. The van der Waals surface area contributed by atoms with E-state index in [0.717, 1.165) is 11.1 Å². The van der Waals surface area contributed by atoms with Crippen LogP contribution in [0.2, 0.25) is 0 Å². The molecular weight excluding hydrogens is 528 g/mol. The Morgan fingerprint density at radius 1 is 0.800 bits per heavy atom. The van der Waals surface area contributed by atoms with Gasteiger partial charge in [-0.1, -0.05) is 6.07 Å². The number of cyclic esters (lactones) is 1. The Balaban J connectivity index is 1.50. The van der Waals surface area contributed by atoms with Gasteiger partial charge in [0.25, 0.3) is 0 Å². The Labute approximate surface area is 231 Å². The van der Waals surface area contributed by atoms with Gasteiger partial charge in [0, 0.05) is 5.92 Å². The van der Waals surface area contributed by atoms with Crippen molar-refractivity contribution in [3.63, 3.8) is 0 Å². The van der Waals surface area contributed by atoms with Crippen molar-refractivity contribution in [2.24, 2.45) is 11.8 Å². The van der Waals surface area contributed by atoms with Gasteiger partial charge in [-0.15, -0.1) is 0 Å². The van der Waals surface area contributed by atoms with E-state index in [4.69, 9.17) is 33.2 Å². The van der Waals surface area contributed by atoms with Gasteiger partial charge in [-0.25, -0.2) is 0 Å². The minimum Gasteiger partial charge on any atom is -0.493 e. The van der Waals surface area contributed by atoms with Crippen LogP contribution >= 0.6 is 0 Å². The zero-order chi connectivity index (χ0) is 29.0. The van der Waals surface area contributed by atoms with Crippen LogP contribution in [0.1, 0.15) is 11.1 Å². The maximum atomic E-state index is 12.7. The Bertz CT molecular complexity index is 1140. The molecule has 2 aromatic rings. The number of ether oxygens (including phenoxy) is 7. The third-order valence-electron chi connectivity index (χ3n) is 7.31. The molecule has 0 amide bonds. The van der Waals surface area contributed by atoms with Crippen molar-refractivity contribution in [1.82, 2.24) is 0 Å². The van der Waals surface area contributed by atoms with Crippen LogP contribution in [-0.2, 0) is 27.1 Å². The largest absolute Gasteiger partial charge is 0.493 e.